The summed E-state index contributed by atoms with van der Waals surface area (Å²) in [5.74, 6) is 1.08. The highest BCUT2D eigenvalue weighted by Crippen LogP contribution is 2.22. The molecule has 3 heteroatoms. The van der Waals surface area contributed by atoms with Gasteiger partial charge in [-0.25, -0.2) is 0 Å². The Morgan fingerprint density at radius 3 is 2.88 bits per heavy atom. The van der Waals surface area contributed by atoms with Gasteiger partial charge in [0.1, 0.15) is 0 Å². The van der Waals surface area contributed by atoms with Gasteiger partial charge in [0.15, 0.2) is 5.78 Å². The summed E-state index contributed by atoms with van der Waals surface area (Å²) in [7, 11) is 0. The van der Waals surface area contributed by atoms with Gasteiger partial charge < -0.3 is 5.32 Å². The van der Waals surface area contributed by atoms with Crippen LogP contribution < -0.4 is 5.32 Å². The molecule has 1 aliphatic heterocycles. The van der Waals surface area contributed by atoms with E-state index >= 15 is 0 Å². The highest BCUT2D eigenvalue weighted by Gasteiger charge is 2.16. The molecular weight excluding hydrogens is 218 g/mol. The zero-order chi connectivity index (χ0) is 11.4. The van der Waals surface area contributed by atoms with E-state index in [1.54, 1.807) is 11.3 Å². The first-order valence-electron chi connectivity index (χ1n) is 6.05. The zero-order valence-corrected chi connectivity index (χ0v) is 10.6. The smallest absolute Gasteiger partial charge is 0.163 e. The van der Waals surface area contributed by atoms with E-state index in [1.165, 1.54) is 12.8 Å². The molecule has 0 spiro atoms. The van der Waals surface area contributed by atoms with Gasteiger partial charge in [-0.3, -0.25) is 4.79 Å². The van der Waals surface area contributed by atoms with Crippen molar-refractivity contribution in [3.05, 3.63) is 21.9 Å². The fourth-order valence-corrected chi connectivity index (χ4v) is 3.03. The molecule has 0 radical (unpaired) electrons. The number of carbonyl (C=O) groups is 1. The van der Waals surface area contributed by atoms with Gasteiger partial charge in [-0.05, 0) is 56.6 Å². The third kappa shape index (κ3) is 2.92. The van der Waals surface area contributed by atoms with Crippen molar-refractivity contribution in [3.8, 4) is 0 Å². The van der Waals surface area contributed by atoms with Crippen molar-refractivity contribution in [2.24, 2.45) is 5.92 Å². The van der Waals surface area contributed by atoms with E-state index in [0.29, 0.717) is 5.78 Å². The Balaban J connectivity index is 1.81. The topological polar surface area (TPSA) is 29.1 Å². The number of carbonyl (C=O) groups excluding carboxylic acids is 1. The first-order valence-corrected chi connectivity index (χ1v) is 6.93. The van der Waals surface area contributed by atoms with Crippen molar-refractivity contribution in [2.45, 2.75) is 32.6 Å². The molecule has 2 nitrogen and oxygen atoms in total. The SMILES string of the molecule is Cc1sccc1C(=O)CCC1CCNCC1. The van der Waals surface area contributed by atoms with Crippen LogP contribution in [0.15, 0.2) is 11.4 Å². The van der Waals surface area contributed by atoms with E-state index in [2.05, 4.69) is 5.32 Å². The molecule has 2 rings (SSSR count). The lowest BCUT2D eigenvalue weighted by Crippen LogP contribution is -2.28. The number of thiophene rings is 1. The maximum absolute atomic E-state index is 12.0. The Kier molecular flexibility index (Phi) is 4.13. The highest BCUT2D eigenvalue weighted by atomic mass is 32.1. The Hall–Kier alpha value is -0.670. The van der Waals surface area contributed by atoms with Crippen molar-refractivity contribution < 1.29 is 4.79 Å². The predicted molar refractivity (Wildman–Crippen MR) is 68.2 cm³/mol. The third-order valence-corrected chi connectivity index (χ3v) is 4.24. The minimum absolute atomic E-state index is 0.331. The quantitative estimate of drug-likeness (QED) is 0.816. The van der Waals surface area contributed by atoms with Gasteiger partial charge in [-0.15, -0.1) is 11.3 Å². The van der Waals surface area contributed by atoms with Crippen molar-refractivity contribution in [1.29, 1.82) is 0 Å². The molecule has 88 valence electrons. The summed E-state index contributed by atoms with van der Waals surface area (Å²) >= 11 is 1.66. The summed E-state index contributed by atoms with van der Waals surface area (Å²) in [4.78, 5) is 13.1. The van der Waals surface area contributed by atoms with Crippen LogP contribution in [-0.2, 0) is 0 Å². The number of hydrogen-bond donors (Lipinski definition) is 1. The number of nitrogens with one attached hydrogen (secondary N) is 1. The Morgan fingerprint density at radius 2 is 2.25 bits per heavy atom. The number of hydrogen-bond acceptors (Lipinski definition) is 3. The molecule has 0 amide bonds. The van der Waals surface area contributed by atoms with Crippen LogP contribution in [0.2, 0.25) is 0 Å². The fourth-order valence-electron chi connectivity index (χ4n) is 2.31. The maximum Gasteiger partial charge on any atom is 0.163 e. The van der Waals surface area contributed by atoms with Crippen LogP contribution in [0.4, 0.5) is 0 Å². The van der Waals surface area contributed by atoms with Crippen molar-refractivity contribution in [2.75, 3.05) is 13.1 Å². The molecule has 2 heterocycles. The molecule has 0 saturated carbocycles. The van der Waals surface area contributed by atoms with E-state index in [0.717, 1.165) is 42.3 Å². The summed E-state index contributed by atoms with van der Waals surface area (Å²) in [6.07, 6.45) is 4.25. The number of aryl methyl sites for hydroxylation is 1. The molecule has 0 aliphatic carbocycles. The lowest BCUT2D eigenvalue weighted by atomic mass is 9.91. The normalized spacial score (nSPS) is 17.6. The third-order valence-electron chi connectivity index (χ3n) is 3.40. The van der Waals surface area contributed by atoms with Gasteiger partial charge in [0, 0.05) is 16.9 Å². The molecule has 1 saturated heterocycles. The molecule has 1 aliphatic rings. The average molecular weight is 237 g/mol. The minimum Gasteiger partial charge on any atom is -0.317 e. The van der Waals surface area contributed by atoms with E-state index in [4.69, 9.17) is 0 Å². The van der Waals surface area contributed by atoms with Gasteiger partial charge in [0.05, 0.1) is 0 Å². The molecule has 1 fully saturated rings. The highest BCUT2D eigenvalue weighted by molar-refractivity contribution is 7.10. The fraction of sp³-hybridized carbons (Fsp3) is 0.615. The molecule has 0 atom stereocenters. The summed E-state index contributed by atoms with van der Waals surface area (Å²) in [5, 5.41) is 5.36. The van der Waals surface area contributed by atoms with Gasteiger partial charge in [-0.1, -0.05) is 0 Å². The summed E-state index contributed by atoms with van der Waals surface area (Å²) < 4.78 is 0. The Bertz CT molecular complexity index is 353. The van der Waals surface area contributed by atoms with E-state index < -0.39 is 0 Å². The van der Waals surface area contributed by atoms with Gasteiger partial charge in [-0.2, -0.15) is 0 Å². The van der Waals surface area contributed by atoms with Crippen LogP contribution in [-0.4, -0.2) is 18.9 Å². The molecule has 16 heavy (non-hydrogen) atoms. The Morgan fingerprint density at radius 1 is 1.50 bits per heavy atom. The maximum atomic E-state index is 12.0. The van der Waals surface area contributed by atoms with E-state index in [9.17, 15) is 4.79 Å². The van der Waals surface area contributed by atoms with E-state index in [-0.39, 0.29) is 0 Å². The standard InChI is InChI=1S/C13H19NOS/c1-10-12(6-9-16-10)13(15)3-2-11-4-7-14-8-5-11/h6,9,11,14H,2-5,7-8H2,1H3. The molecule has 1 aromatic heterocycles. The molecule has 0 unspecified atom stereocenters. The first-order chi connectivity index (χ1) is 7.77. The predicted octanol–water partition coefficient (Wildman–Crippen LogP) is 3.02. The van der Waals surface area contributed by atoms with Crippen molar-refractivity contribution >= 4 is 17.1 Å². The number of ketones is 1. The number of rotatable bonds is 4. The lowest BCUT2D eigenvalue weighted by molar-refractivity contribution is 0.0970. The second-order valence-electron chi connectivity index (χ2n) is 4.55. The Labute approximate surface area is 101 Å². The first kappa shape index (κ1) is 11.8. The monoisotopic (exact) mass is 237 g/mol. The molecule has 0 bridgehead atoms. The number of Topliss-reactive ketones (excluding diaryl/α,β-unsaturated/α-hetero) is 1. The van der Waals surface area contributed by atoms with E-state index in [1.807, 2.05) is 18.4 Å². The molecule has 1 N–H and O–H groups in total. The van der Waals surface area contributed by atoms with Gasteiger partial charge >= 0.3 is 0 Å². The van der Waals surface area contributed by atoms with Crippen LogP contribution in [0.3, 0.4) is 0 Å². The molecular formula is C13H19NOS. The molecule has 0 aromatic carbocycles. The summed E-state index contributed by atoms with van der Waals surface area (Å²) in [6, 6.07) is 1.96. The lowest BCUT2D eigenvalue weighted by Gasteiger charge is -2.22. The minimum atomic E-state index is 0.331. The van der Waals surface area contributed by atoms with Gasteiger partial charge in [0.2, 0.25) is 0 Å². The summed E-state index contributed by atoms with van der Waals surface area (Å²) in [5.41, 5.74) is 0.943. The van der Waals surface area contributed by atoms with Crippen LogP contribution in [0.25, 0.3) is 0 Å². The van der Waals surface area contributed by atoms with Crippen LogP contribution in [0, 0.1) is 12.8 Å². The zero-order valence-electron chi connectivity index (χ0n) is 9.79. The van der Waals surface area contributed by atoms with Crippen LogP contribution in [0.1, 0.15) is 40.9 Å². The average Bonchev–Trinajstić information content (AvgIpc) is 2.74. The second-order valence-corrected chi connectivity index (χ2v) is 5.67. The summed E-state index contributed by atoms with van der Waals surface area (Å²) in [6.45, 7) is 4.27. The second kappa shape index (κ2) is 5.60. The van der Waals surface area contributed by atoms with Gasteiger partial charge in [0.25, 0.3) is 0 Å². The van der Waals surface area contributed by atoms with Crippen LogP contribution >= 0.6 is 11.3 Å². The van der Waals surface area contributed by atoms with Crippen molar-refractivity contribution in [3.63, 3.8) is 0 Å². The molecule has 1 aromatic rings. The number of piperidine rings is 1. The van der Waals surface area contributed by atoms with Crippen molar-refractivity contribution in [1.82, 2.24) is 5.32 Å². The van der Waals surface area contributed by atoms with Crippen LogP contribution in [0.5, 0.6) is 0 Å². The largest absolute Gasteiger partial charge is 0.317 e.